The van der Waals surface area contributed by atoms with Gasteiger partial charge in [-0.05, 0) is 41.8 Å². The van der Waals surface area contributed by atoms with Crippen LogP contribution in [0.3, 0.4) is 0 Å². The number of hydrogen-bond acceptors (Lipinski definition) is 2. The van der Waals surface area contributed by atoms with Crippen molar-refractivity contribution in [2.75, 3.05) is 0 Å². The zero-order chi connectivity index (χ0) is 13.5. The normalized spacial score (nSPS) is 18.6. The smallest absolute Gasteiger partial charge is 0.121 e. The van der Waals surface area contributed by atoms with Crippen molar-refractivity contribution < 1.29 is 5.11 Å². The Kier molecular flexibility index (Phi) is 3.27. The molecule has 0 heterocycles. The predicted molar refractivity (Wildman–Crippen MR) is 82.3 cm³/mol. The standard InChI is InChI=1S/C16H18BrNO/c17-12-5-6-13-11(10-12)4-7-14(19)15(13)16(18)8-2-1-3-9-16/h4-7,10,19H,1-3,8-9,18H2. The van der Waals surface area contributed by atoms with Gasteiger partial charge in [-0.2, -0.15) is 0 Å². The lowest BCUT2D eigenvalue weighted by atomic mass is 9.75. The number of phenolic OH excluding ortho intramolecular Hbond substituents is 1. The molecular formula is C16H18BrNO. The second kappa shape index (κ2) is 4.80. The van der Waals surface area contributed by atoms with Gasteiger partial charge in [-0.3, -0.25) is 0 Å². The van der Waals surface area contributed by atoms with Crippen LogP contribution in [-0.4, -0.2) is 5.11 Å². The molecule has 0 aromatic heterocycles. The molecule has 100 valence electrons. The molecule has 3 rings (SSSR count). The highest BCUT2D eigenvalue weighted by molar-refractivity contribution is 9.10. The number of nitrogens with two attached hydrogens (primary N) is 1. The number of hydrogen-bond donors (Lipinski definition) is 2. The Morgan fingerprint density at radius 1 is 1.05 bits per heavy atom. The summed E-state index contributed by atoms with van der Waals surface area (Å²) in [5.74, 6) is 0.333. The second-order valence-corrected chi connectivity index (χ2v) is 6.46. The van der Waals surface area contributed by atoms with Crippen molar-refractivity contribution in [2.45, 2.75) is 37.6 Å². The van der Waals surface area contributed by atoms with E-state index in [9.17, 15) is 5.11 Å². The van der Waals surface area contributed by atoms with Crippen LogP contribution in [0.4, 0.5) is 0 Å². The molecule has 0 saturated heterocycles. The zero-order valence-corrected chi connectivity index (χ0v) is 12.4. The van der Waals surface area contributed by atoms with Crippen LogP contribution in [0.15, 0.2) is 34.8 Å². The van der Waals surface area contributed by atoms with E-state index < -0.39 is 0 Å². The van der Waals surface area contributed by atoms with Gasteiger partial charge in [-0.1, -0.05) is 47.3 Å². The third-order valence-electron chi connectivity index (χ3n) is 4.20. The van der Waals surface area contributed by atoms with Crippen molar-refractivity contribution in [2.24, 2.45) is 5.73 Å². The SMILES string of the molecule is NC1(c2c(O)ccc3cc(Br)ccc23)CCCCC1. The Hall–Kier alpha value is -1.06. The minimum atomic E-state index is -0.379. The lowest BCUT2D eigenvalue weighted by Gasteiger charge is -2.35. The predicted octanol–water partition coefficient (Wildman–Crippen LogP) is 4.43. The van der Waals surface area contributed by atoms with E-state index in [-0.39, 0.29) is 5.54 Å². The maximum atomic E-state index is 10.3. The highest BCUT2D eigenvalue weighted by Gasteiger charge is 2.33. The van der Waals surface area contributed by atoms with E-state index in [4.69, 9.17) is 5.73 Å². The second-order valence-electron chi connectivity index (χ2n) is 5.54. The summed E-state index contributed by atoms with van der Waals surface area (Å²) in [6.07, 6.45) is 5.44. The minimum absolute atomic E-state index is 0.333. The summed E-state index contributed by atoms with van der Waals surface area (Å²) >= 11 is 3.49. The first-order valence-corrected chi connectivity index (χ1v) is 7.60. The maximum Gasteiger partial charge on any atom is 0.121 e. The average molecular weight is 320 g/mol. The highest BCUT2D eigenvalue weighted by atomic mass is 79.9. The molecule has 0 atom stereocenters. The van der Waals surface area contributed by atoms with E-state index in [2.05, 4.69) is 28.1 Å². The number of fused-ring (bicyclic) bond motifs is 1. The first-order valence-electron chi connectivity index (χ1n) is 6.81. The number of aromatic hydroxyl groups is 1. The molecule has 2 nitrogen and oxygen atoms in total. The van der Waals surface area contributed by atoms with Crippen molar-refractivity contribution in [1.82, 2.24) is 0 Å². The zero-order valence-electron chi connectivity index (χ0n) is 10.8. The molecule has 1 aliphatic carbocycles. The summed E-state index contributed by atoms with van der Waals surface area (Å²) in [6, 6.07) is 9.86. The molecule has 1 fully saturated rings. The maximum absolute atomic E-state index is 10.3. The Morgan fingerprint density at radius 3 is 2.53 bits per heavy atom. The first-order chi connectivity index (χ1) is 9.10. The van der Waals surface area contributed by atoms with Crippen LogP contribution in [-0.2, 0) is 5.54 Å². The van der Waals surface area contributed by atoms with Gasteiger partial charge in [0.1, 0.15) is 5.75 Å². The van der Waals surface area contributed by atoms with E-state index in [0.717, 1.165) is 46.5 Å². The van der Waals surface area contributed by atoms with Crippen molar-refractivity contribution in [3.05, 3.63) is 40.4 Å². The van der Waals surface area contributed by atoms with Crippen LogP contribution < -0.4 is 5.73 Å². The van der Waals surface area contributed by atoms with Gasteiger partial charge in [0.2, 0.25) is 0 Å². The molecule has 1 saturated carbocycles. The van der Waals surface area contributed by atoms with Gasteiger partial charge in [-0.25, -0.2) is 0 Å². The van der Waals surface area contributed by atoms with Crippen molar-refractivity contribution in [3.63, 3.8) is 0 Å². The van der Waals surface area contributed by atoms with Gasteiger partial charge in [0, 0.05) is 15.6 Å². The molecule has 3 N–H and O–H groups in total. The largest absolute Gasteiger partial charge is 0.508 e. The fourth-order valence-corrected chi connectivity index (χ4v) is 3.62. The van der Waals surface area contributed by atoms with E-state index in [1.165, 1.54) is 6.42 Å². The summed E-state index contributed by atoms with van der Waals surface area (Å²) in [6.45, 7) is 0. The molecule has 2 aromatic rings. The number of phenols is 1. The van der Waals surface area contributed by atoms with Crippen LogP contribution in [0.25, 0.3) is 10.8 Å². The molecule has 0 spiro atoms. The van der Waals surface area contributed by atoms with E-state index in [0.29, 0.717) is 5.75 Å². The van der Waals surface area contributed by atoms with Crippen LogP contribution in [0, 0.1) is 0 Å². The fourth-order valence-electron chi connectivity index (χ4n) is 3.25. The lowest BCUT2D eigenvalue weighted by molar-refractivity contribution is 0.294. The van der Waals surface area contributed by atoms with Crippen LogP contribution >= 0.6 is 15.9 Å². The fraction of sp³-hybridized carbons (Fsp3) is 0.375. The number of benzene rings is 2. The summed E-state index contributed by atoms with van der Waals surface area (Å²) in [5, 5.41) is 12.5. The summed E-state index contributed by atoms with van der Waals surface area (Å²) in [5.41, 5.74) is 7.16. The molecule has 0 aliphatic heterocycles. The van der Waals surface area contributed by atoms with Crippen LogP contribution in [0.5, 0.6) is 5.75 Å². The van der Waals surface area contributed by atoms with Gasteiger partial charge < -0.3 is 10.8 Å². The minimum Gasteiger partial charge on any atom is -0.508 e. The van der Waals surface area contributed by atoms with E-state index in [1.807, 2.05) is 12.1 Å². The summed E-state index contributed by atoms with van der Waals surface area (Å²) in [4.78, 5) is 0. The van der Waals surface area contributed by atoms with Crippen molar-refractivity contribution in [1.29, 1.82) is 0 Å². The molecule has 0 radical (unpaired) electrons. The molecule has 2 aromatic carbocycles. The first kappa shape index (κ1) is 12.9. The quantitative estimate of drug-likeness (QED) is 0.817. The molecule has 3 heteroatoms. The monoisotopic (exact) mass is 319 g/mol. The Labute approximate surface area is 121 Å². The topological polar surface area (TPSA) is 46.2 Å². The van der Waals surface area contributed by atoms with E-state index >= 15 is 0 Å². The third kappa shape index (κ3) is 2.26. The van der Waals surface area contributed by atoms with Gasteiger partial charge in [0.25, 0.3) is 0 Å². The molecule has 0 bridgehead atoms. The summed E-state index contributed by atoms with van der Waals surface area (Å²) in [7, 11) is 0. The van der Waals surface area contributed by atoms with Gasteiger partial charge in [0.05, 0.1) is 0 Å². The Balaban J connectivity index is 2.24. The van der Waals surface area contributed by atoms with Gasteiger partial charge in [0.15, 0.2) is 0 Å². The number of rotatable bonds is 1. The van der Waals surface area contributed by atoms with Crippen molar-refractivity contribution in [3.8, 4) is 5.75 Å². The Bertz CT molecular complexity index is 617. The van der Waals surface area contributed by atoms with Gasteiger partial charge in [-0.15, -0.1) is 0 Å². The molecular weight excluding hydrogens is 302 g/mol. The lowest BCUT2D eigenvalue weighted by Crippen LogP contribution is -2.38. The van der Waals surface area contributed by atoms with Crippen molar-refractivity contribution >= 4 is 26.7 Å². The van der Waals surface area contributed by atoms with Crippen LogP contribution in [0.2, 0.25) is 0 Å². The average Bonchev–Trinajstić information content (AvgIpc) is 2.39. The highest BCUT2D eigenvalue weighted by Crippen LogP contribution is 2.42. The molecule has 19 heavy (non-hydrogen) atoms. The Morgan fingerprint density at radius 2 is 1.79 bits per heavy atom. The van der Waals surface area contributed by atoms with E-state index in [1.54, 1.807) is 6.07 Å². The number of halogens is 1. The summed E-state index contributed by atoms with van der Waals surface area (Å²) < 4.78 is 1.05. The molecule has 0 amide bonds. The molecule has 0 unspecified atom stereocenters. The molecule has 1 aliphatic rings. The van der Waals surface area contributed by atoms with Gasteiger partial charge >= 0.3 is 0 Å². The third-order valence-corrected chi connectivity index (χ3v) is 4.70. The van der Waals surface area contributed by atoms with Crippen LogP contribution in [0.1, 0.15) is 37.7 Å².